The average Bonchev–Trinajstić information content (AvgIpc) is 2.45. The van der Waals surface area contributed by atoms with Gasteiger partial charge in [-0.3, -0.25) is 0 Å². The van der Waals surface area contributed by atoms with Crippen LogP contribution in [0.25, 0.3) is 11.0 Å². The quantitative estimate of drug-likeness (QED) is 0.640. The predicted octanol–water partition coefficient (Wildman–Crippen LogP) is 1.87. The molecule has 7 nitrogen and oxygen atoms in total. The van der Waals surface area contributed by atoms with Crippen molar-refractivity contribution in [1.29, 1.82) is 0 Å². The van der Waals surface area contributed by atoms with Gasteiger partial charge in [0.15, 0.2) is 23.7 Å². The van der Waals surface area contributed by atoms with Gasteiger partial charge in [-0.1, -0.05) is 12.1 Å². The molecule has 110 valence electrons. The molecule has 1 aromatic carbocycles. The van der Waals surface area contributed by atoms with Crippen LogP contribution in [0.3, 0.4) is 0 Å². The minimum atomic E-state index is -1.17. The lowest BCUT2D eigenvalue weighted by Gasteiger charge is -2.08. The molecule has 0 saturated heterocycles. The van der Waals surface area contributed by atoms with Crippen molar-refractivity contribution < 1.29 is 28.9 Å². The van der Waals surface area contributed by atoms with Gasteiger partial charge < -0.3 is 24.1 Å². The van der Waals surface area contributed by atoms with Crippen LogP contribution in [0.15, 0.2) is 39.7 Å². The molecule has 2 rings (SSSR count). The Hall–Kier alpha value is -2.96. The van der Waals surface area contributed by atoms with Crippen LogP contribution in [0, 0.1) is 0 Å². The van der Waals surface area contributed by atoms with Gasteiger partial charge in [0.2, 0.25) is 0 Å². The fourth-order valence-corrected chi connectivity index (χ4v) is 1.66. The van der Waals surface area contributed by atoms with Crippen molar-refractivity contribution in [3.05, 3.63) is 41.0 Å². The number of hydrogen-bond acceptors (Lipinski definition) is 6. The minimum absolute atomic E-state index is 0.0416. The van der Waals surface area contributed by atoms with E-state index >= 15 is 0 Å². The number of rotatable bonds is 5. The van der Waals surface area contributed by atoms with E-state index in [0.717, 1.165) is 0 Å². The van der Waals surface area contributed by atoms with E-state index in [0.29, 0.717) is 0 Å². The maximum atomic E-state index is 11.8. The molecule has 0 spiro atoms. The standard InChI is InChI=1S/C14H12O7/c1-2-6-19-13-11(17)8-4-3-5-9(20-7-10(15)16)12(8)21-14(13)18/h2-6,17H,7H2,1H3,(H,15,16)/b6-2-. The summed E-state index contributed by atoms with van der Waals surface area (Å²) in [5.41, 5.74) is -0.946. The molecular formula is C14H12O7. The van der Waals surface area contributed by atoms with Crippen LogP contribution in [-0.2, 0) is 4.79 Å². The van der Waals surface area contributed by atoms with E-state index in [9.17, 15) is 14.7 Å². The van der Waals surface area contributed by atoms with E-state index < -0.39 is 24.0 Å². The lowest BCUT2D eigenvalue weighted by molar-refractivity contribution is -0.139. The van der Waals surface area contributed by atoms with Gasteiger partial charge in [0.1, 0.15) is 0 Å². The van der Waals surface area contributed by atoms with Crippen LogP contribution < -0.4 is 15.1 Å². The molecule has 2 N–H and O–H groups in total. The van der Waals surface area contributed by atoms with Crippen molar-refractivity contribution in [3.63, 3.8) is 0 Å². The summed E-state index contributed by atoms with van der Waals surface area (Å²) in [4.78, 5) is 22.3. The van der Waals surface area contributed by atoms with E-state index in [1.54, 1.807) is 6.92 Å². The van der Waals surface area contributed by atoms with Gasteiger partial charge in [-0.05, 0) is 19.1 Å². The highest BCUT2D eigenvalue weighted by molar-refractivity contribution is 5.89. The number of fused-ring (bicyclic) bond motifs is 1. The summed E-state index contributed by atoms with van der Waals surface area (Å²) in [7, 11) is 0. The van der Waals surface area contributed by atoms with E-state index in [2.05, 4.69) is 0 Å². The summed E-state index contributed by atoms with van der Waals surface area (Å²) in [6.45, 7) is 1.08. The Morgan fingerprint density at radius 3 is 2.86 bits per heavy atom. The van der Waals surface area contributed by atoms with Crippen LogP contribution in [0.5, 0.6) is 17.2 Å². The Bertz CT molecular complexity index is 758. The van der Waals surface area contributed by atoms with E-state index in [1.807, 2.05) is 0 Å². The summed E-state index contributed by atoms with van der Waals surface area (Å²) in [6, 6.07) is 4.45. The van der Waals surface area contributed by atoms with Gasteiger partial charge >= 0.3 is 11.6 Å². The van der Waals surface area contributed by atoms with Crippen LogP contribution in [0.1, 0.15) is 6.92 Å². The van der Waals surface area contributed by atoms with Crippen LogP contribution in [0.2, 0.25) is 0 Å². The molecular weight excluding hydrogens is 280 g/mol. The Kier molecular flexibility index (Phi) is 4.13. The second-order valence-electron chi connectivity index (χ2n) is 3.97. The number of aromatic hydroxyl groups is 1. The first-order valence-corrected chi connectivity index (χ1v) is 5.95. The van der Waals surface area contributed by atoms with Gasteiger partial charge in [0, 0.05) is 0 Å². The van der Waals surface area contributed by atoms with Gasteiger partial charge in [0.25, 0.3) is 5.75 Å². The van der Waals surface area contributed by atoms with Crippen LogP contribution in [-0.4, -0.2) is 22.8 Å². The first kappa shape index (κ1) is 14.4. The van der Waals surface area contributed by atoms with E-state index in [-0.39, 0.29) is 22.5 Å². The second kappa shape index (κ2) is 6.00. The average molecular weight is 292 g/mol. The highest BCUT2D eigenvalue weighted by Crippen LogP contribution is 2.35. The molecule has 0 saturated carbocycles. The summed E-state index contributed by atoms with van der Waals surface area (Å²) < 4.78 is 15.0. The molecule has 1 aromatic heterocycles. The number of carbonyl (C=O) groups is 1. The number of aliphatic carboxylic acids is 1. The SMILES string of the molecule is C/C=C\Oc1c(O)c2cccc(OCC(=O)O)c2oc1=O. The van der Waals surface area contributed by atoms with Gasteiger partial charge in [0.05, 0.1) is 11.6 Å². The molecule has 0 unspecified atom stereocenters. The summed E-state index contributed by atoms with van der Waals surface area (Å²) in [5.74, 6) is -1.89. The van der Waals surface area contributed by atoms with Crippen molar-refractivity contribution in [2.75, 3.05) is 6.61 Å². The van der Waals surface area contributed by atoms with E-state index in [4.69, 9.17) is 19.0 Å². The maximum absolute atomic E-state index is 11.8. The lowest BCUT2D eigenvalue weighted by Crippen LogP contribution is -2.10. The number of ether oxygens (including phenoxy) is 2. The van der Waals surface area contributed by atoms with Gasteiger partial charge in [-0.25, -0.2) is 9.59 Å². The molecule has 2 aromatic rings. The van der Waals surface area contributed by atoms with Crippen molar-refractivity contribution in [2.24, 2.45) is 0 Å². The van der Waals surface area contributed by atoms with Crippen molar-refractivity contribution in [2.45, 2.75) is 6.92 Å². The molecule has 0 aliphatic carbocycles. The molecule has 7 heteroatoms. The van der Waals surface area contributed by atoms with Crippen molar-refractivity contribution in [3.8, 4) is 17.2 Å². The van der Waals surface area contributed by atoms with Crippen molar-refractivity contribution >= 4 is 16.9 Å². The number of allylic oxidation sites excluding steroid dienone is 1. The van der Waals surface area contributed by atoms with Crippen molar-refractivity contribution in [1.82, 2.24) is 0 Å². The number of carboxylic acid groups (broad SMARTS) is 1. The molecule has 0 fully saturated rings. The first-order chi connectivity index (χ1) is 10.0. The smallest absolute Gasteiger partial charge is 0.383 e. The monoisotopic (exact) mass is 292 g/mol. The fourth-order valence-electron chi connectivity index (χ4n) is 1.66. The largest absolute Gasteiger partial charge is 0.504 e. The Labute approximate surface area is 118 Å². The highest BCUT2D eigenvalue weighted by atomic mass is 16.5. The molecule has 0 atom stereocenters. The zero-order valence-electron chi connectivity index (χ0n) is 11.0. The topological polar surface area (TPSA) is 106 Å². The Balaban J connectivity index is 2.57. The first-order valence-electron chi connectivity index (χ1n) is 5.95. The highest BCUT2D eigenvalue weighted by Gasteiger charge is 2.18. The zero-order valence-corrected chi connectivity index (χ0v) is 11.0. The normalized spacial score (nSPS) is 10.9. The van der Waals surface area contributed by atoms with Gasteiger partial charge in [-0.2, -0.15) is 0 Å². The number of carboxylic acids is 1. The number of para-hydroxylation sites is 1. The summed E-state index contributed by atoms with van der Waals surface area (Å²) in [6.07, 6.45) is 2.76. The molecule has 21 heavy (non-hydrogen) atoms. The zero-order chi connectivity index (χ0) is 15.4. The molecule has 0 bridgehead atoms. The molecule has 0 aliphatic rings. The third-order valence-corrected chi connectivity index (χ3v) is 2.50. The number of benzene rings is 1. The van der Waals surface area contributed by atoms with Crippen LogP contribution in [0.4, 0.5) is 0 Å². The summed E-state index contributed by atoms with van der Waals surface area (Å²) >= 11 is 0. The Morgan fingerprint density at radius 2 is 2.19 bits per heavy atom. The fraction of sp³-hybridized carbons (Fsp3) is 0.143. The third kappa shape index (κ3) is 2.97. The van der Waals surface area contributed by atoms with E-state index in [1.165, 1.54) is 30.5 Å². The summed E-state index contributed by atoms with van der Waals surface area (Å²) in [5, 5.41) is 18.8. The lowest BCUT2D eigenvalue weighted by atomic mass is 10.2. The molecule has 0 aliphatic heterocycles. The third-order valence-electron chi connectivity index (χ3n) is 2.50. The maximum Gasteiger partial charge on any atom is 0.383 e. The number of hydrogen-bond donors (Lipinski definition) is 2. The second-order valence-corrected chi connectivity index (χ2v) is 3.97. The minimum Gasteiger partial charge on any atom is -0.504 e. The Morgan fingerprint density at radius 1 is 1.43 bits per heavy atom. The van der Waals surface area contributed by atoms with Gasteiger partial charge in [-0.15, -0.1) is 0 Å². The molecule has 0 radical (unpaired) electrons. The van der Waals surface area contributed by atoms with Crippen LogP contribution >= 0.6 is 0 Å². The molecule has 0 amide bonds. The molecule has 1 heterocycles. The predicted molar refractivity (Wildman–Crippen MR) is 72.7 cm³/mol.